The highest BCUT2D eigenvalue weighted by atomic mass is 32.1. The molecule has 5 nitrogen and oxygen atoms in total. The number of aryl methyl sites for hydroxylation is 1. The molecule has 0 saturated carbocycles. The van der Waals surface area contributed by atoms with Crippen LogP contribution >= 0.6 is 11.3 Å². The molecule has 1 fully saturated rings. The van der Waals surface area contributed by atoms with Crippen LogP contribution < -0.4 is 10.1 Å². The molecule has 1 amide bonds. The fraction of sp³-hybridized carbons (Fsp3) is 0.310. The van der Waals surface area contributed by atoms with Gasteiger partial charge in [-0.15, -0.1) is 11.3 Å². The Balaban J connectivity index is 1.08. The predicted octanol–water partition coefficient (Wildman–Crippen LogP) is 6.19. The lowest BCUT2D eigenvalue weighted by molar-refractivity contribution is 0.103. The van der Waals surface area contributed by atoms with Crippen molar-refractivity contribution in [2.24, 2.45) is 5.92 Å². The zero-order valence-corrected chi connectivity index (χ0v) is 20.9. The number of aromatic nitrogens is 1. The molecular weight excluding hydrogens is 454 g/mol. The Labute approximate surface area is 210 Å². The number of hydrogen-bond donors (Lipinski definition) is 1. The summed E-state index contributed by atoms with van der Waals surface area (Å²) in [4.78, 5) is 20.2. The zero-order chi connectivity index (χ0) is 24.0. The van der Waals surface area contributed by atoms with Crippen LogP contribution in [0.15, 0.2) is 72.1 Å². The molecule has 180 valence electrons. The molecule has 2 aromatic heterocycles. The Morgan fingerprint density at radius 3 is 2.77 bits per heavy atom. The number of nitrogens with zero attached hydrogens (tertiary/aromatic N) is 2. The Bertz CT molecular complexity index is 1280. The van der Waals surface area contributed by atoms with E-state index in [4.69, 9.17) is 4.74 Å². The quantitative estimate of drug-likeness (QED) is 0.323. The summed E-state index contributed by atoms with van der Waals surface area (Å²) in [5.41, 5.74) is 4.16. The van der Waals surface area contributed by atoms with Crippen LogP contribution in [0.1, 0.15) is 33.8 Å². The number of pyridine rings is 1. The van der Waals surface area contributed by atoms with Gasteiger partial charge in [0.15, 0.2) is 0 Å². The minimum atomic E-state index is -0.0393. The number of likely N-dealkylation sites (tertiary alicyclic amines) is 1. The number of carbonyl (C=O) groups is 1. The van der Waals surface area contributed by atoms with Crippen molar-refractivity contribution >= 4 is 33.8 Å². The van der Waals surface area contributed by atoms with Crippen molar-refractivity contribution in [2.75, 3.05) is 31.6 Å². The van der Waals surface area contributed by atoms with Gasteiger partial charge in [0, 0.05) is 23.3 Å². The third-order valence-corrected chi connectivity index (χ3v) is 7.53. The molecule has 35 heavy (non-hydrogen) atoms. The fourth-order valence-corrected chi connectivity index (χ4v) is 5.38. The number of hydrogen-bond acceptors (Lipinski definition) is 5. The second-order valence-electron chi connectivity index (χ2n) is 9.24. The summed E-state index contributed by atoms with van der Waals surface area (Å²) in [7, 11) is 0. The molecule has 2 aromatic carbocycles. The molecule has 0 radical (unpaired) electrons. The molecule has 1 N–H and O–H groups in total. The van der Waals surface area contributed by atoms with Crippen LogP contribution in [-0.2, 0) is 6.42 Å². The van der Waals surface area contributed by atoms with Gasteiger partial charge in [-0.3, -0.25) is 14.7 Å². The maximum atomic E-state index is 12.3. The summed E-state index contributed by atoms with van der Waals surface area (Å²) < 4.78 is 6.14. The number of fused-ring (bicyclic) bond motifs is 1. The van der Waals surface area contributed by atoms with Gasteiger partial charge in [-0.05, 0) is 98.6 Å². The smallest absolute Gasteiger partial charge is 0.265 e. The number of benzene rings is 2. The van der Waals surface area contributed by atoms with E-state index >= 15 is 0 Å². The number of amides is 1. The first kappa shape index (κ1) is 23.5. The van der Waals surface area contributed by atoms with Crippen molar-refractivity contribution in [2.45, 2.75) is 26.2 Å². The lowest BCUT2D eigenvalue weighted by Gasteiger charge is -2.32. The number of nitrogens with one attached hydrogen (secondary N) is 1. The largest absolute Gasteiger partial charge is 0.492 e. The van der Waals surface area contributed by atoms with E-state index < -0.39 is 0 Å². The lowest BCUT2D eigenvalue weighted by atomic mass is 9.90. The SMILES string of the molecule is Cc1ccc2c(OCCN3CCC(Cc4cccc(NC(=O)c5cccs5)c4)CC3)cccc2n1. The van der Waals surface area contributed by atoms with E-state index in [9.17, 15) is 4.79 Å². The molecule has 1 aliphatic rings. The van der Waals surface area contributed by atoms with Crippen molar-refractivity contribution in [3.63, 3.8) is 0 Å². The summed E-state index contributed by atoms with van der Waals surface area (Å²) in [6.07, 6.45) is 3.42. The molecule has 1 aliphatic heterocycles. The van der Waals surface area contributed by atoms with Gasteiger partial charge in [-0.25, -0.2) is 0 Å². The number of thiophene rings is 1. The van der Waals surface area contributed by atoms with Gasteiger partial charge in [-0.2, -0.15) is 0 Å². The first-order chi connectivity index (χ1) is 17.1. The van der Waals surface area contributed by atoms with Crippen LogP contribution in [0, 0.1) is 12.8 Å². The number of rotatable bonds is 8. The Morgan fingerprint density at radius 2 is 1.94 bits per heavy atom. The van der Waals surface area contributed by atoms with E-state index in [-0.39, 0.29) is 5.91 Å². The molecule has 0 aliphatic carbocycles. The number of anilines is 1. The minimum absolute atomic E-state index is 0.0393. The first-order valence-electron chi connectivity index (χ1n) is 12.3. The molecule has 0 bridgehead atoms. The highest BCUT2D eigenvalue weighted by Crippen LogP contribution is 2.26. The number of carbonyl (C=O) groups excluding carboxylic acids is 1. The summed E-state index contributed by atoms with van der Waals surface area (Å²) >= 11 is 1.46. The average Bonchev–Trinajstić information content (AvgIpc) is 3.41. The summed E-state index contributed by atoms with van der Waals surface area (Å²) in [6.45, 7) is 5.83. The van der Waals surface area contributed by atoms with Crippen molar-refractivity contribution in [3.05, 3.63) is 88.2 Å². The van der Waals surface area contributed by atoms with Gasteiger partial charge in [0.1, 0.15) is 12.4 Å². The molecule has 0 unspecified atom stereocenters. The Hall–Kier alpha value is -3.22. The highest BCUT2D eigenvalue weighted by Gasteiger charge is 2.20. The molecule has 3 heterocycles. The van der Waals surface area contributed by atoms with Gasteiger partial charge >= 0.3 is 0 Å². The second-order valence-corrected chi connectivity index (χ2v) is 10.2. The van der Waals surface area contributed by atoms with Crippen molar-refractivity contribution < 1.29 is 9.53 Å². The highest BCUT2D eigenvalue weighted by molar-refractivity contribution is 7.12. The first-order valence-corrected chi connectivity index (χ1v) is 13.2. The Kier molecular flexibility index (Phi) is 7.40. The Morgan fingerprint density at radius 1 is 1.09 bits per heavy atom. The standard InChI is InChI=1S/C29H31N3O2S/c1-21-10-11-25-26(30-21)7-3-8-27(25)34-17-16-32-14-12-22(13-15-32)19-23-5-2-6-24(20-23)31-29(33)28-9-4-18-35-28/h2-11,18,20,22H,12-17,19H2,1H3,(H,31,33). The van der Waals surface area contributed by atoms with Crippen LogP contribution in [0.4, 0.5) is 5.69 Å². The van der Waals surface area contributed by atoms with Crippen molar-refractivity contribution in [1.82, 2.24) is 9.88 Å². The van der Waals surface area contributed by atoms with Crippen LogP contribution in [-0.4, -0.2) is 42.0 Å². The molecular formula is C29H31N3O2S. The minimum Gasteiger partial charge on any atom is -0.492 e. The van der Waals surface area contributed by atoms with Crippen LogP contribution in [0.25, 0.3) is 10.9 Å². The normalized spacial score (nSPS) is 14.8. The molecule has 6 heteroatoms. The summed E-state index contributed by atoms with van der Waals surface area (Å²) in [5, 5.41) is 6.02. The van der Waals surface area contributed by atoms with Gasteiger partial charge in [0.25, 0.3) is 5.91 Å². The number of ether oxygens (including phenoxy) is 1. The predicted molar refractivity (Wildman–Crippen MR) is 144 cm³/mol. The molecule has 1 saturated heterocycles. The van der Waals surface area contributed by atoms with E-state index in [0.717, 1.165) is 59.0 Å². The van der Waals surface area contributed by atoms with E-state index in [1.165, 1.54) is 29.7 Å². The van der Waals surface area contributed by atoms with Gasteiger partial charge in [-0.1, -0.05) is 24.3 Å². The van der Waals surface area contributed by atoms with Gasteiger partial charge in [0.05, 0.1) is 10.4 Å². The average molecular weight is 486 g/mol. The summed E-state index contributed by atoms with van der Waals surface area (Å²) in [6, 6.07) is 22.2. The molecule has 0 atom stereocenters. The van der Waals surface area contributed by atoms with Gasteiger partial charge < -0.3 is 10.1 Å². The third kappa shape index (κ3) is 6.08. The second kappa shape index (κ2) is 11.0. The van der Waals surface area contributed by atoms with Crippen LogP contribution in [0.5, 0.6) is 5.75 Å². The maximum Gasteiger partial charge on any atom is 0.265 e. The fourth-order valence-electron chi connectivity index (χ4n) is 4.76. The summed E-state index contributed by atoms with van der Waals surface area (Å²) in [5.74, 6) is 1.54. The topological polar surface area (TPSA) is 54.5 Å². The van der Waals surface area contributed by atoms with Crippen molar-refractivity contribution in [3.8, 4) is 5.75 Å². The van der Waals surface area contributed by atoms with E-state index in [1.54, 1.807) is 0 Å². The lowest BCUT2D eigenvalue weighted by Crippen LogP contribution is -2.37. The van der Waals surface area contributed by atoms with E-state index in [0.29, 0.717) is 12.5 Å². The van der Waals surface area contributed by atoms with Crippen LogP contribution in [0.2, 0.25) is 0 Å². The number of piperidine rings is 1. The van der Waals surface area contributed by atoms with Crippen LogP contribution in [0.3, 0.4) is 0 Å². The third-order valence-electron chi connectivity index (χ3n) is 6.66. The van der Waals surface area contributed by atoms with E-state index in [2.05, 4.69) is 33.4 Å². The van der Waals surface area contributed by atoms with Gasteiger partial charge in [0.2, 0.25) is 0 Å². The molecule has 0 spiro atoms. The van der Waals surface area contributed by atoms with E-state index in [1.807, 2.05) is 60.8 Å². The molecule has 5 rings (SSSR count). The maximum absolute atomic E-state index is 12.3. The molecule has 4 aromatic rings. The monoisotopic (exact) mass is 485 g/mol. The van der Waals surface area contributed by atoms with Crippen molar-refractivity contribution in [1.29, 1.82) is 0 Å². The zero-order valence-electron chi connectivity index (χ0n) is 20.1.